The fraction of sp³-hybridized carbons (Fsp3) is 0.714. The highest BCUT2D eigenvalue weighted by molar-refractivity contribution is 7.09. The normalized spacial score (nSPS) is 19.4. The van der Waals surface area contributed by atoms with Gasteiger partial charge in [-0.15, -0.1) is 0 Å². The van der Waals surface area contributed by atoms with Crippen molar-refractivity contribution in [1.29, 1.82) is 0 Å². The van der Waals surface area contributed by atoms with E-state index >= 15 is 0 Å². The first kappa shape index (κ1) is 15.0. The van der Waals surface area contributed by atoms with E-state index in [9.17, 15) is 0 Å². The van der Waals surface area contributed by atoms with Crippen LogP contribution in [0.15, 0.2) is 4.52 Å². The van der Waals surface area contributed by atoms with E-state index in [0.717, 1.165) is 37.1 Å². The summed E-state index contributed by atoms with van der Waals surface area (Å²) in [4.78, 5) is 13.7. The lowest BCUT2D eigenvalue weighted by Crippen LogP contribution is -2.46. The number of ether oxygens (including phenoxy) is 1. The van der Waals surface area contributed by atoms with Crippen LogP contribution >= 0.6 is 11.5 Å². The molecule has 23 heavy (non-hydrogen) atoms. The number of rotatable bonds is 6. The van der Waals surface area contributed by atoms with Crippen LogP contribution in [0.25, 0.3) is 0 Å². The predicted molar refractivity (Wildman–Crippen MR) is 84.4 cm³/mol. The molecule has 0 bridgehead atoms. The average Bonchev–Trinajstić information content (AvgIpc) is 3.13. The van der Waals surface area contributed by atoms with Crippen LogP contribution in [-0.4, -0.2) is 57.7 Å². The topological polar surface area (TPSA) is 80.4 Å². The molecule has 8 nitrogen and oxygen atoms in total. The van der Waals surface area contributed by atoms with E-state index in [4.69, 9.17) is 9.26 Å². The SMILES string of the molecule is COCc1noc(CN2CCN(c3nc(C4CC4)ns3)CC2)n1. The van der Waals surface area contributed by atoms with E-state index in [1.54, 1.807) is 7.11 Å². The van der Waals surface area contributed by atoms with Gasteiger partial charge in [-0.3, -0.25) is 4.90 Å². The van der Waals surface area contributed by atoms with Crippen molar-refractivity contribution in [3.63, 3.8) is 0 Å². The van der Waals surface area contributed by atoms with Gasteiger partial charge in [0.2, 0.25) is 11.0 Å². The zero-order valence-corrected chi connectivity index (χ0v) is 14.0. The van der Waals surface area contributed by atoms with E-state index in [0.29, 0.717) is 30.8 Å². The summed E-state index contributed by atoms with van der Waals surface area (Å²) in [5.41, 5.74) is 0. The monoisotopic (exact) mass is 336 g/mol. The van der Waals surface area contributed by atoms with E-state index in [2.05, 4.69) is 29.3 Å². The molecule has 124 valence electrons. The molecular formula is C14H20N6O2S. The zero-order valence-electron chi connectivity index (χ0n) is 13.1. The lowest BCUT2D eigenvalue weighted by molar-refractivity contribution is 0.174. The minimum Gasteiger partial charge on any atom is -0.377 e. The molecule has 0 radical (unpaired) electrons. The number of hydrogen-bond donors (Lipinski definition) is 0. The van der Waals surface area contributed by atoms with Crippen molar-refractivity contribution in [2.45, 2.75) is 31.9 Å². The molecule has 0 amide bonds. The second-order valence-corrected chi connectivity index (χ2v) is 6.74. The summed E-state index contributed by atoms with van der Waals surface area (Å²) < 4.78 is 14.7. The molecule has 2 fully saturated rings. The number of anilines is 1. The first-order valence-corrected chi connectivity index (χ1v) is 8.70. The van der Waals surface area contributed by atoms with Crippen LogP contribution in [0.3, 0.4) is 0 Å². The summed E-state index contributed by atoms with van der Waals surface area (Å²) >= 11 is 1.53. The Bertz CT molecular complexity index is 647. The van der Waals surface area contributed by atoms with Crippen molar-refractivity contribution in [2.24, 2.45) is 0 Å². The van der Waals surface area contributed by atoms with Crippen molar-refractivity contribution in [1.82, 2.24) is 24.4 Å². The Kier molecular flexibility index (Phi) is 4.23. The summed E-state index contributed by atoms with van der Waals surface area (Å²) in [6.07, 6.45) is 2.50. The molecule has 0 spiro atoms. The third-order valence-electron chi connectivity index (χ3n) is 4.16. The minimum atomic E-state index is 0.387. The maximum absolute atomic E-state index is 5.25. The molecule has 1 saturated carbocycles. The lowest BCUT2D eigenvalue weighted by Gasteiger charge is -2.33. The van der Waals surface area contributed by atoms with Gasteiger partial charge in [-0.05, 0) is 12.8 Å². The average molecular weight is 336 g/mol. The molecule has 1 saturated heterocycles. The molecule has 3 heterocycles. The highest BCUT2D eigenvalue weighted by Crippen LogP contribution is 2.39. The van der Waals surface area contributed by atoms with E-state index in [-0.39, 0.29) is 0 Å². The fourth-order valence-corrected chi connectivity index (χ4v) is 3.49. The van der Waals surface area contributed by atoms with Gasteiger partial charge in [0.15, 0.2) is 5.82 Å². The molecule has 1 aliphatic carbocycles. The molecule has 4 rings (SSSR count). The van der Waals surface area contributed by atoms with Crippen LogP contribution in [0.4, 0.5) is 5.13 Å². The third-order valence-corrected chi connectivity index (χ3v) is 4.95. The second kappa shape index (κ2) is 6.50. The van der Waals surface area contributed by atoms with Gasteiger partial charge in [0, 0.05) is 50.7 Å². The molecule has 0 N–H and O–H groups in total. The van der Waals surface area contributed by atoms with Crippen LogP contribution in [0.5, 0.6) is 0 Å². The van der Waals surface area contributed by atoms with Gasteiger partial charge in [0.25, 0.3) is 0 Å². The summed E-state index contributed by atoms with van der Waals surface area (Å²) in [7, 11) is 1.62. The maximum atomic E-state index is 5.25. The van der Waals surface area contributed by atoms with E-state index in [1.807, 2.05) is 0 Å². The van der Waals surface area contributed by atoms with Gasteiger partial charge in [0.1, 0.15) is 12.4 Å². The number of methoxy groups -OCH3 is 1. The Morgan fingerprint density at radius 3 is 2.78 bits per heavy atom. The molecular weight excluding hydrogens is 316 g/mol. The summed E-state index contributed by atoms with van der Waals surface area (Å²) in [6.45, 7) is 4.91. The van der Waals surface area contributed by atoms with Gasteiger partial charge in [-0.25, -0.2) is 4.98 Å². The van der Waals surface area contributed by atoms with Gasteiger partial charge in [-0.2, -0.15) is 9.36 Å². The summed E-state index contributed by atoms with van der Waals surface area (Å²) in [5, 5.41) is 4.96. The van der Waals surface area contributed by atoms with Gasteiger partial charge < -0.3 is 14.2 Å². The lowest BCUT2D eigenvalue weighted by atomic mass is 10.3. The van der Waals surface area contributed by atoms with Gasteiger partial charge in [-0.1, -0.05) is 5.16 Å². The van der Waals surface area contributed by atoms with Crippen LogP contribution < -0.4 is 4.90 Å². The molecule has 0 aromatic carbocycles. The molecule has 2 aromatic heterocycles. The van der Waals surface area contributed by atoms with Crippen LogP contribution in [-0.2, 0) is 17.9 Å². The van der Waals surface area contributed by atoms with Gasteiger partial charge in [0.05, 0.1) is 6.54 Å². The van der Waals surface area contributed by atoms with Crippen molar-refractivity contribution in [2.75, 3.05) is 38.2 Å². The van der Waals surface area contributed by atoms with Crippen molar-refractivity contribution in [3.8, 4) is 0 Å². The highest BCUT2D eigenvalue weighted by atomic mass is 32.1. The quantitative estimate of drug-likeness (QED) is 0.780. The second-order valence-electron chi connectivity index (χ2n) is 6.01. The Labute approximate surface area is 138 Å². The zero-order chi connectivity index (χ0) is 15.6. The van der Waals surface area contributed by atoms with Crippen LogP contribution in [0.1, 0.15) is 36.3 Å². The van der Waals surface area contributed by atoms with Crippen LogP contribution in [0, 0.1) is 0 Å². The van der Waals surface area contributed by atoms with E-state index in [1.165, 1.54) is 24.4 Å². The Balaban J connectivity index is 1.29. The summed E-state index contributed by atoms with van der Waals surface area (Å²) in [5.74, 6) is 2.92. The molecule has 1 aliphatic heterocycles. The van der Waals surface area contributed by atoms with Crippen molar-refractivity contribution < 1.29 is 9.26 Å². The van der Waals surface area contributed by atoms with E-state index < -0.39 is 0 Å². The highest BCUT2D eigenvalue weighted by Gasteiger charge is 2.29. The largest absolute Gasteiger partial charge is 0.377 e. The maximum Gasteiger partial charge on any atom is 0.240 e. The third kappa shape index (κ3) is 3.51. The minimum absolute atomic E-state index is 0.387. The first-order valence-electron chi connectivity index (χ1n) is 7.93. The number of piperazine rings is 1. The van der Waals surface area contributed by atoms with Crippen LogP contribution in [0.2, 0.25) is 0 Å². The number of aromatic nitrogens is 4. The number of nitrogens with zero attached hydrogens (tertiary/aromatic N) is 6. The first-order chi connectivity index (χ1) is 11.3. The molecule has 2 aliphatic rings. The van der Waals surface area contributed by atoms with Crippen molar-refractivity contribution in [3.05, 3.63) is 17.5 Å². The fourth-order valence-electron chi connectivity index (χ4n) is 2.69. The molecule has 2 aromatic rings. The Hall–Kier alpha value is -1.58. The Morgan fingerprint density at radius 1 is 1.22 bits per heavy atom. The standard InChI is InChI=1S/C14H20N6O2S/c1-21-9-11-15-12(22-17-11)8-19-4-6-20(7-5-19)14-16-13(18-23-14)10-2-3-10/h10H,2-9H2,1H3. The molecule has 9 heteroatoms. The molecule has 0 atom stereocenters. The smallest absolute Gasteiger partial charge is 0.240 e. The van der Waals surface area contributed by atoms with Crippen molar-refractivity contribution >= 4 is 16.7 Å². The molecule has 0 unspecified atom stereocenters. The number of hydrogen-bond acceptors (Lipinski definition) is 9. The Morgan fingerprint density at radius 2 is 2.04 bits per heavy atom. The summed E-state index contributed by atoms with van der Waals surface area (Å²) in [6, 6.07) is 0. The van der Waals surface area contributed by atoms with Gasteiger partial charge >= 0.3 is 0 Å². The predicted octanol–water partition coefficient (Wildman–Crippen LogP) is 1.27.